The predicted octanol–water partition coefficient (Wildman–Crippen LogP) is 4.29. The summed E-state index contributed by atoms with van der Waals surface area (Å²) in [6.45, 7) is 5.41. The zero-order chi connectivity index (χ0) is 16.7. The number of benzene rings is 2. The zero-order valence-corrected chi connectivity index (χ0v) is 16.3. The smallest absolute Gasteiger partial charge is 0.193 e. The molecule has 0 fully saturated rings. The lowest BCUT2D eigenvalue weighted by Gasteiger charge is -2.08. The monoisotopic (exact) mass is 442 g/mol. The van der Waals surface area contributed by atoms with Crippen LogP contribution in [0.3, 0.4) is 0 Å². The minimum absolute atomic E-state index is 0. The topological polar surface area (TPSA) is 62.4 Å². The molecule has 0 aliphatic rings. The molecule has 2 rings (SSSR count). The highest BCUT2D eigenvalue weighted by molar-refractivity contribution is 14.0. The van der Waals surface area contributed by atoms with Crippen molar-refractivity contribution in [1.29, 1.82) is 0 Å². The third-order valence-corrected chi connectivity index (χ3v) is 3.26. The van der Waals surface area contributed by atoms with E-state index in [1.165, 1.54) is 23.3 Å². The van der Waals surface area contributed by atoms with Crippen LogP contribution in [-0.2, 0) is 0 Å². The Kier molecular flexibility index (Phi) is 8.53. The Morgan fingerprint density at radius 2 is 1.79 bits per heavy atom. The highest BCUT2D eigenvalue weighted by atomic mass is 127. The van der Waals surface area contributed by atoms with Gasteiger partial charge in [-0.3, -0.25) is 4.99 Å². The molecular formula is C18H24FIN4. The van der Waals surface area contributed by atoms with Gasteiger partial charge in [0.1, 0.15) is 5.82 Å². The second-order valence-electron chi connectivity index (χ2n) is 5.56. The molecule has 0 saturated heterocycles. The van der Waals surface area contributed by atoms with Gasteiger partial charge in [0.2, 0.25) is 0 Å². The number of hydrogen-bond donors (Lipinski definition) is 3. The van der Waals surface area contributed by atoms with E-state index in [4.69, 9.17) is 5.73 Å². The molecule has 0 aliphatic heterocycles. The van der Waals surface area contributed by atoms with E-state index in [0.717, 1.165) is 17.8 Å². The summed E-state index contributed by atoms with van der Waals surface area (Å²) in [6.07, 6.45) is 0.811. The summed E-state index contributed by atoms with van der Waals surface area (Å²) in [5.41, 5.74) is 9.97. The average molecular weight is 442 g/mol. The summed E-state index contributed by atoms with van der Waals surface area (Å²) in [4.78, 5) is 4.30. The molecule has 0 radical (unpaired) electrons. The van der Waals surface area contributed by atoms with Gasteiger partial charge in [-0.1, -0.05) is 12.1 Å². The maximum Gasteiger partial charge on any atom is 0.193 e. The Morgan fingerprint density at radius 1 is 1.08 bits per heavy atom. The molecule has 6 heteroatoms. The second-order valence-corrected chi connectivity index (χ2v) is 5.56. The van der Waals surface area contributed by atoms with Gasteiger partial charge in [-0.25, -0.2) is 4.39 Å². The number of nitrogens with one attached hydrogen (secondary N) is 2. The van der Waals surface area contributed by atoms with Crippen molar-refractivity contribution in [2.75, 3.05) is 23.7 Å². The Morgan fingerprint density at radius 3 is 2.46 bits per heavy atom. The zero-order valence-electron chi connectivity index (χ0n) is 14.0. The standard InChI is InChI=1S/C18H23FN4.HI/c1-13-9-14(2)11-17(10-13)23-18(20)22-8-4-7-21-16-6-3-5-15(19)12-16;/h3,5-6,9-12,21H,4,7-8H2,1-2H3,(H3,20,22,23);1H. The molecule has 2 aromatic rings. The van der Waals surface area contributed by atoms with Crippen LogP contribution in [-0.4, -0.2) is 19.0 Å². The van der Waals surface area contributed by atoms with Crippen molar-refractivity contribution >= 4 is 41.3 Å². The molecular weight excluding hydrogens is 418 g/mol. The third-order valence-electron chi connectivity index (χ3n) is 3.26. The Bertz CT molecular complexity index is 668. The molecule has 2 aromatic carbocycles. The lowest BCUT2D eigenvalue weighted by molar-refractivity contribution is 0.628. The summed E-state index contributed by atoms with van der Waals surface area (Å²) >= 11 is 0. The first-order valence-corrected chi connectivity index (χ1v) is 7.67. The summed E-state index contributed by atoms with van der Waals surface area (Å²) < 4.78 is 13.0. The average Bonchev–Trinajstić information content (AvgIpc) is 2.45. The van der Waals surface area contributed by atoms with Crippen molar-refractivity contribution in [3.8, 4) is 0 Å². The van der Waals surface area contributed by atoms with Gasteiger partial charge in [0.05, 0.1) is 0 Å². The van der Waals surface area contributed by atoms with Gasteiger partial charge in [-0.2, -0.15) is 0 Å². The van der Waals surface area contributed by atoms with Gasteiger partial charge in [0, 0.05) is 24.5 Å². The summed E-state index contributed by atoms with van der Waals surface area (Å²) in [5, 5.41) is 6.25. The molecule has 0 heterocycles. The van der Waals surface area contributed by atoms with Crippen LogP contribution in [0.4, 0.5) is 15.8 Å². The number of nitrogens with two attached hydrogens (primary N) is 1. The number of anilines is 2. The Labute approximate surface area is 159 Å². The molecule has 0 bridgehead atoms. The number of hydrogen-bond acceptors (Lipinski definition) is 2. The largest absolute Gasteiger partial charge is 0.385 e. The summed E-state index contributed by atoms with van der Waals surface area (Å²) in [6, 6.07) is 12.6. The number of guanidine groups is 1. The highest BCUT2D eigenvalue weighted by Gasteiger charge is 1.98. The first-order valence-electron chi connectivity index (χ1n) is 7.67. The lowest BCUT2D eigenvalue weighted by Crippen LogP contribution is -2.23. The van der Waals surface area contributed by atoms with Crippen molar-refractivity contribution in [2.45, 2.75) is 20.3 Å². The van der Waals surface area contributed by atoms with Crippen molar-refractivity contribution in [1.82, 2.24) is 0 Å². The van der Waals surface area contributed by atoms with Gasteiger partial charge in [-0.05, 0) is 61.7 Å². The van der Waals surface area contributed by atoms with Crippen molar-refractivity contribution in [2.24, 2.45) is 10.7 Å². The van der Waals surface area contributed by atoms with Crippen LogP contribution in [0.1, 0.15) is 17.5 Å². The van der Waals surface area contributed by atoms with Crippen LogP contribution in [0.5, 0.6) is 0 Å². The molecule has 4 N–H and O–H groups in total. The molecule has 0 aromatic heterocycles. The Balaban J connectivity index is 0.00000288. The van der Waals surface area contributed by atoms with Crippen LogP contribution in [0, 0.1) is 19.7 Å². The van der Waals surface area contributed by atoms with Crippen LogP contribution < -0.4 is 16.4 Å². The van der Waals surface area contributed by atoms with Gasteiger partial charge >= 0.3 is 0 Å². The SMILES string of the molecule is Cc1cc(C)cc(NC(N)=NCCCNc2cccc(F)c2)c1.I. The van der Waals surface area contributed by atoms with E-state index in [2.05, 4.69) is 21.7 Å². The molecule has 0 aliphatic carbocycles. The normalized spacial score (nSPS) is 10.9. The minimum Gasteiger partial charge on any atom is -0.385 e. The number of nitrogens with zero attached hydrogens (tertiary/aromatic N) is 1. The molecule has 24 heavy (non-hydrogen) atoms. The molecule has 0 amide bonds. The van der Waals surface area contributed by atoms with Crippen LogP contribution >= 0.6 is 24.0 Å². The van der Waals surface area contributed by atoms with Gasteiger partial charge in [0.15, 0.2) is 5.96 Å². The maximum absolute atomic E-state index is 13.0. The van der Waals surface area contributed by atoms with Crippen molar-refractivity contribution in [3.63, 3.8) is 0 Å². The maximum atomic E-state index is 13.0. The first kappa shape index (κ1) is 20.2. The molecule has 0 unspecified atom stereocenters. The minimum atomic E-state index is -0.241. The van der Waals surface area contributed by atoms with E-state index in [-0.39, 0.29) is 29.8 Å². The quantitative estimate of drug-likeness (QED) is 0.271. The van der Waals surface area contributed by atoms with E-state index in [1.807, 2.05) is 32.0 Å². The van der Waals surface area contributed by atoms with E-state index in [9.17, 15) is 4.39 Å². The van der Waals surface area contributed by atoms with E-state index in [1.54, 1.807) is 6.07 Å². The molecule has 0 saturated carbocycles. The first-order chi connectivity index (χ1) is 11.0. The fourth-order valence-corrected chi connectivity index (χ4v) is 2.34. The van der Waals surface area contributed by atoms with Crippen molar-refractivity contribution < 1.29 is 4.39 Å². The van der Waals surface area contributed by atoms with E-state index < -0.39 is 0 Å². The van der Waals surface area contributed by atoms with E-state index >= 15 is 0 Å². The highest BCUT2D eigenvalue weighted by Crippen LogP contribution is 2.13. The number of aliphatic imine (C=N–C) groups is 1. The second kappa shape index (κ2) is 10.1. The lowest BCUT2D eigenvalue weighted by atomic mass is 10.1. The van der Waals surface area contributed by atoms with Gasteiger partial charge < -0.3 is 16.4 Å². The van der Waals surface area contributed by atoms with Crippen molar-refractivity contribution in [3.05, 3.63) is 59.4 Å². The summed E-state index contributed by atoms with van der Waals surface area (Å²) in [5.74, 6) is 0.163. The van der Waals surface area contributed by atoms with Crippen LogP contribution in [0.2, 0.25) is 0 Å². The van der Waals surface area contributed by atoms with Gasteiger partial charge in [0.25, 0.3) is 0 Å². The molecule has 0 spiro atoms. The fourth-order valence-electron chi connectivity index (χ4n) is 2.34. The van der Waals surface area contributed by atoms with Crippen LogP contribution in [0.15, 0.2) is 47.5 Å². The number of rotatable bonds is 6. The predicted molar refractivity (Wildman–Crippen MR) is 111 cm³/mol. The number of aryl methyl sites for hydroxylation is 2. The molecule has 130 valence electrons. The fraction of sp³-hybridized carbons (Fsp3) is 0.278. The third kappa shape index (κ3) is 7.16. The van der Waals surface area contributed by atoms with Gasteiger partial charge in [-0.15, -0.1) is 24.0 Å². The van der Waals surface area contributed by atoms with E-state index in [0.29, 0.717) is 19.0 Å². The van der Waals surface area contributed by atoms with Crippen LogP contribution in [0.25, 0.3) is 0 Å². The molecule has 4 nitrogen and oxygen atoms in total. The summed E-state index contributed by atoms with van der Waals surface area (Å²) in [7, 11) is 0. The molecule has 0 atom stereocenters. The Hall–Kier alpha value is -1.83. The number of halogens is 2.